The first-order valence-electron chi connectivity index (χ1n) is 10.7. The fourth-order valence-corrected chi connectivity index (χ4v) is 4.54. The van der Waals surface area contributed by atoms with Gasteiger partial charge in [0.15, 0.2) is 5.65 Å². The summed E-state index contributed by atoms with van der Waals surface area (Å²) >= 11 is 0. The third kappa shape index (κ3) is 3.44. The van der Waals surface area contributed by atoms with Crippen molar-refractivity contribution in [2.45, 2.75) is 31.7 Å². The summed E-state index contributed by atoms with van der Waals surface area (Å²) in [7, 11) is 0. The van der Waals surface area contributed by atoms with Crippen molar-refractivity contribution in [3.63, 3.8) is 0 Å². The van der Waals surface area contributed by atoms with E-state index in [-0.39, 0.29) is 11.8 Å². The molecule has 7 nitrogen and oxygen atoms in total. The highest BCUT2D eigenvalue weighted by Crippen LogP contribution is 2.31. The van der Waals surface area contributed by atoms with Crippen molar-refractivity contribution < 1.29 is 9.59 Å². The van der Waals surface area contributed by atoms with Gasteiger partial charge in [-0.05, 0) is 31.0 Å². The predicted molar refractivity (Wildman–Crippen MR) is 113 cm³/mol. The Morgan fingerprint density at radius 3 is 2.13 bits per heavy atom. The molecule has 0 atom stereocenters. The fraction of sp³-hybridized carbons (Fsp3) is 0.391. The lowest BCUT2D eigenvalue weighted by Crippen LogP contribution is -2.50. The van der Waals surface area contributed by atoms with Crippen LogP contribution in [0.15, 0.2) is 48.9 Å². The van der Waals surface area contributed by atoms with Gasteiger partial charge in [-0.2, -0.15) is 0 Å². The van der Waals surface area contributed by atoms with Crippen LogP contribution in [0.2, 0.25) is 0 Å². The number of pyridine rings is 1. The highest BCUT2D eigenvalue weighted by molar-refractivity contribution is 5.97. The second-order valence-corrected chi connectivity index (χ2v) is 8.11. The Kier molecular flexibility index (Phi) is 4.94. The Morgan fingerprint density at radius 1 is 0.833 bits per heavy atom. The summed E-state index contributed by atoms with van der Waals surface area (Å²) in [6.45, 7) is 2.11. The van der Waals surface area contributed by atoms with Gasteiger partial charge in [-0.15, -0.1) is 0 Å². The van der Waals surface area contributed by atoms with Crippen molar-refractivity contribution in [2.75, 3.05) is 26.2 Å². The number of hydrogen-bond acceptors (Lipinski definition) is 4. The van der Waals surface area contributed by atoms with Crippen LogP contribution >= 0.6 is 0 Å². The van der Waals surface area contributed by atoms with E-state index in [1.165, 1.54) is 25.7 Å². The summed E-state index contributed by atoms with van der Waals surface area (Å²) < 4.78 is 2.16. The van der Waals surface area contributed by atoms with Crippen LogP contribution in [0.5, 0.6) is 0 Å². The summed E-state index contributed by atoms with van der Waals surface area (Å²) in [5.41, 5.74) is 2.87. The SMILES string of the molecule is O=C(c1ccccc1)N1CCN(C(=O)c2cnc3c(c2)ncn3C2CCCC2)CC1. The van der Waals surface area contributed by atoms with E-state index in [9.17, 15) is 9.59 Å². The number of fused-ring (bicyclic) bond motifs is 1. The first-order valence-corrected chi connectivity index (χ1v) is 10.7. The number of imidazole rings is 1. The van der Waals surface area contributed by atoms with Gasteiger partial charge in [-0.25, -0.2) is 9.97 Å². The van der Waals surface area contributed by atoms with E-state index in [0.717, 1.165) is 11.2 Å². The first kappa shape index (κ1) is 18.8. The van der Waals surface area contributed by atoms with Gasteiger partial charge in [0.05, 0.1) is 11.9 Å². The van der Waals surface area contributed by atoms with Crippen molar-refractivity contribution in [3.8, 4) is 0 Å². The number of carbonyl (C=O) groups excluding carboxylic acids is 2. The van der Waals surface area contributed by atoms with Crippen LogP contribution in [0.25, 0.3) is 11.2 Å². The van der Waals surface area contributed by atoms with Crippen molar-refractivity contribution >= 4 is 23.0 Å². The van der Waals surface area contributed by atoms with Crippen LogP contribution in [0.4, 0.5) is 0 Å². The largest absolute Gasteiger partial charge is 0.335 e. The van der Waals surface area contributed by atoms with Crippen LogP contribution in [-0.2, 0) is 0 Å². The molecule has 0 N–H and O–H groups in total. The number of hydrogen-bond donors (Lipinski definition) is 0. The van der Waals surface area contributed by atoms with Gasteiger partial charge in [0.2, 0.25) is 0 Å². The van der Waals surface area contributed by atoms with E-state index in [1.54, 1.807) is 11.1 Å². The lowest BCUT2D eigenvalue weighted by molar-refractivity contribution is 0.0535. The third-order valence-electron chi connectivity index (χ3n) is 6.25. The monoisotopic (exact) mass is 403 g/mol. The van der Waals surface area contributed by atoms with Gasteiger partial charge >= 0.3 is 0 Å². The topological polar surface area (TPSA) is 71.3 Å². The lowest BCUT2D eigenvalue weighted by atomic mass is 10.1. The number of piperazine rings is 1. The highest BCUT2D eigenvalue weighted by Gasteiger charge is 2.26. The molecule has 2 aromatic heterocycles. The molecule has 2 fully saturated rings. The van der Waals surface area contributed by atoms with E-state index >= 15 is 0 Å². The quantitative estimate of drug-likeness (QED) is 0.674. The zero-order valence-corrected chi connectivity index (χ0v) is 16.9. The molecule has 2 aliphatic rings. The van der Waals surface area contributed by atoms with Crippen LogP contribution in [0.1, 0.15) is 52.4 Å². The molecule has 0 bridgehead atoms. The van der Waals surface area contributed by atoms with E-state index in [1.807, 2.05) is 47.6 Å². The molecule has 5 rings (SSSR count). The van der Waals surface area contributed by atoms with Gasteiger partial charge in [0.25, 0.3) is 11.8 Å². The molecule has 1 saturated carbocycles. The average Bonchev–Trinajstić information content (AvgIpc) is 3.48. The Morgan fingerprint density at radius 2 is 1.47 bits per heavy atom. The van der Waals surface area contributed by atoms with Gasteiger partial charge in [-0.1, -0.05) is 31.0 Å². The number of benzene rings is 1. The summed E-state index contributed by atoms with van der Waals surface area (Å²) in [6.07, 6.45) is 8.36. The summed E-state index contributed by atoms with van der Waals surface area (Å²) in [4.78, 5) is 38.3. The fourth-order valence-electron chi connectivity index (χ4n) is 4.54. The summed E-state index contributed by atoms with van der Waals surface area (Å²) in [5.74, 6) is -0.0325. The van der Waals surface area contributed by atoms with E-state index < -0.39 is 0 Å². The van der Waals surface area contributed by atoms with E-state index in [0.29, 0.717) is 43.3 Å². The second-order valence-electron chi connectivity index (χ2n) is 8.11. The molecular formula is C23H25N5O2. The summed E-state index contributed by atoms with van der Waals surface area (Å²) in [6, 6.07) is 11.6. The van der Waals surface area contributed by atoms with Crippen molar-refractivity contribution in [1.82, 2.24) is 24.3 Å². The normalized spacial score (nSPS) is 17.6. The van der Waals surface area contributed by atoms with Crippen LogP contribution < -0.4 is 0 Å². The zero-order chi connectivity index (χ0) is 20.5. The number of nitrogens with zero attached hydrogens (tertiary/aromatic N) is 5. The standard InChI is InChI=1S/C23H25N5O2/c29-22(17-6-2-1-3-7-17)26-10-12-27(13-11-26)23(30)18-14-20-21(24-15-18)28(16-25-20)19-8-4-5-9-19/h1-3,6-7,14-16,19H,4-5,8-13H2. The van der Waals surface area contributed by atoms with Gasteiger partial charge < -0.3 is 14.4 Å². The molecule has 154 valence electrons. The molecule has 30 heavy (non-hydrogen) atoms. The molecule has 1 saturated heterocycles. The zero-order valence-electron chi connectivity index (χ0n) is 16.9. The Labute approximate surface area is 175 Å². The number of aromatic nitrogens is 3. The predicted octanol–water partition coefficient (Wildman–Crippen LogP) is 3.14. The average molecular weight is 403 g/mol. The van der Waals surface area contributed by atoms with Crippen molar-refractivity contribution in [2.24, 2.45) is 0 Å². The molecule has 3 aromatic rings. The van der Waals surface area contributed by atoms with Crippen molar-refractivity contribution in [1.29, 1.82) is 0 Å². The highest BCUT2D eigenvalue weighted by atomic mass is 16.2. The minimum atomic E-state index is -0.0494. The molecule has 7 heteroatoms. The van der Waals surface area contributed by atoms with Crippen LogP contribution in [-0.4, -0.2) is 62.3 Å². The maximum atomic E-state index is 13.0. The molecular weight excluding hydrogens is 378 g/mol. The molecule has 0 radical (unpaired) electrons. The second kappa shape index (κ2) is 7.89. The van der Waals surface area contributed by atoms with Crippen LogP contribution in [0, 0.1) is 0 Å². The molecule has 1 aromatic carbocycles. The van der Waals surface area contributed by atoms with Gasteiger partial charge in [0, 0.05) is 44.0 Å². The number of carbonyl (C=O) groups is 2. The maximum absolute atomic E-state index is 13.0. The van der Waals surface area contributed by atoms with E-state index in [2.05, 4.69) is 14.5 Å². The molecule has 3 heterocycles. The Bertz CT molecular complexity index is 1060. The molecule has 2 amide bonds. The molecule has 0 unspecified atom stereocenters. The minimum Gasteiger partial charge on any atom is -0.335 e. The lowest BCUT2D eigenvalue weighted by Gasteiger charge is -2.34. The maximum Gasteiger partial charge on any atom is 0.255 e. The molecule has 1 aliphatic heterocycles. The molecule has 1 aliphatic carbocycles. The molecule has 0 spiro atoms. The van der Waals surface area contributed by atoms with Crippen molar-refractivity contribution in [3.05, 3.63) is 60.0 Å². The number of amides is 2. The van der Waals surface area contributed by atoms with Gasteiger partial charge in [-0.3, -0.25) is 9.59 Å². The third-order valence-corrected chi connectivity index (χ3v) is 6.25. The Balaban J connectivity index is 1.26. The van der Waals surface area contributed by atoms with E-state index in [4.69, 9.17) is 0 Å². The summed E-state index contributed by atoms with van der Waals surface area (Å²) in [5, 5.41) is 0. The van der Waals surface area contributed by atoms with Crippen LogP contribution in [0.3, 0.4) is 0 Å². The van der Waals surface area contributed by atoms with Gasteiger partial charge in [0.1, 0.15) is 5.52 Å². The minimum absolute atomic E-state index is 0.0169. The smallest absolute Gasteiger partial charge is 0.255 e. The first-order chi connectivity index (χ1) is 14.7. The Hall–Kier alpha value is -3.22. The number of rotatable bonds is 3.